The van der Waals surface area contributed by atoms with Crippen molar-refractivity contribution in [1.82, 2.24) is 0 Å². The summed E-state index contributed by atoms with van der Waals surface area (Å²) in [7, 11) is 0. The van der Waals surface area contributed by atoms with Crippen LogP contribution in [0, 0.1) is 6.92 Å². The molecule has 2 aromatic carbocycles. The Morgan fingerprint density at radius 1 is 0.895 bits per heavy atom. The molecule has 1 atom stereocenters. The predicted molar refractivity (Wildman–Crippen MR) is 79.5 cm³/mol. The van der Waals surface area contributed by atoms with Crippen molar-refractivity contribution in [2.45, 2.75) is 38.0 Å². The van der Waals surface area contributed by atoms with E-state index in [1.165, 1.54) is 47.9 Å². The van der Waals surface area contributed by atoms with E-state index in [0.29, 0.717) is 0 Å². The maximum atomic E-state index is 6.33. The van der Waals surface area contributed by atoms with Gasteiger partial charge in [0.15, 0.2) is 0 Å². The maximum absolute atomic E-state index is 6.33. The molecule has 0 heterocycles. The summed E-state index contributed by atoms with van der Waals surface area (Å²) in [5.41, 5.74) is 15.0. The zero-order valence-electron chi connectivity index (χ0n) is 11.4. The fourth-order valence-electron chi connectivity index (χ4n) is 4.48. The number of nitrogen functional groups attached to an aromatic ring is 1. The Bertz CT molecular complexity index is 610. The molecular formula is C18H19N. The van der Waals surface area contributed by atoms with Crippen molar-refractivity contribution < 1.29 is 0 Å². The van der Waals surface area contributed by atoms with Gasteiger partial charge in [0.05, 0.1) is 0 Å². The monoisotopic (exact) mass is 249 g/mol. The molecule has 4 rings (SSSR count). The largest absolute Gasteiger partial charge is 0.398 e. The van der Waals surface area contributed by atoms with Crippen molar-refractivity contribution in [3.63, 3.8) is 0 Å². The van der Waals surface area contributed by atoms with E-state index in [2.05, 4.69) is 43.3 Å². The van der Waals surface area contributed by atoms with Crippen LogP contribution in [0.5, 0.6) is 0 Å². The summed E-state index contributed by atoms with van der Waals surface area (Å²) in [5, 5.41) is 0. The van der Waals surface area contributed by atoms with Crippen LogP contribution in [0.25, 0.3) is 0 Å². The van der Waals surface area contributed by atoms with Gasteiger partial charge < -0.3 is 5.73 Å². The third-order valence-electron chi connectivity index (χ3n) is 5.14. The SMILES string of the molecule is Cc1cccc2c1[C@@]1(CC2)CCc2cccc(N)c21. The topological polar surface area (TPSA) is 26.0 Å². The summed E-state index contributed by atoms with van der Waals surface area (Å²) >= 11 is 0. The standard InChI is InChI=1S/C18H19N/c1-12-4-2-5-13-8-10-18(16(12)13)11-9-14-6-3-7-15(19)17(14)18/h2-7H,8-11,19H2,1H3/t18-/m1/s1. The van der Waals surface area contributed by atoms with E-state index in [4.69, 9.17) is 5.73 Å². The predicted octanol–water partition coefficient (Wildman–Crippen LogP) is 3.76. The van der Waals surface area contributed by atoms with Crippen molar-refractivity contribution >= 4 is 5.69 Å². The number of anilines is 1. The molecule has 0 radical (unpaired) electrons. The van der Waals surface area contributed by atoms with E-state index in [0.717, 1.165) is 5.69 Å². The molecule has 19 heavy (non-hydrogen) atoms. The minimum absolute atomic E-state index is 0.210. The zero-order valence-corrected chi connectivity index (χ0v) is 11.4. The van der Waals surface area contributed by atoms with Gasteiger partial charge in [-0.2, -0.15) is 0 Å². The third kappa shape index (κ3) is 1.30. The molecular weight excluding hydrogens is 230 g/mol. The van der Waals surface area contributed by atoms with Crippen LogP contribution in [0.3, 0.4) is 0 Å². The average Bonchev–Trinajstić information content (AvgIpc) is 2.96. The first-order valence-corrected chi connectivity index (χ1v) is 7.19. The first kappa shape index (κ1) is 11.1. The van der Waals surface area contributed by atoms with E-state index in [1.807, 2.05) is 0 Å². The smallest absolute Gasteiger partial charge is 0.0358 e. The molecule has 0 amide bonds. The molecule has 1 heteroatoms. The highest BCUT2D eigenvalue weighted by atomic mass is 14.6. The second kappa shape index (κ2) is 3.63. The van der Waals surface area contributed by atoms with Gasteiger partial charge >= 0.3 is 0 Å². The highest BCUT2D eigenvalue weighted by Crippen LogP contribution is 2.54. The number of nitrogens with two attached hydrogens (primary N) is 1. The summed E-state index contributed by atoms with van der Waals surface area (Å²) in [6.45, 7) is 2.25. The van der Waals surface area contributed by atoms with Crippen molar-refractivity contribution in [3.8, 4) is 0 Å². The lowest BCUT2D eigenvalue weighted by atomic mass is 9.74. The summed E-state index contributed by atoms with van der Waals surface area (Å²) in [6.07, 6.45) is 4.84. The average molecular weight is 249 g/mol. The lowest BCUT2D eigenvalue weighted by molar-refractivity contribution is 0.506. The van der Waals surface area contributed by atoms with Gasteiger partial charge in [0, 0.05) is 11.1 Å². The minimum atomic E-state index is 0.210. The molecule has 0 fully saturated rings. The van der Waals surface area contributed by atoms with Crippen LogP contribution in [0.2, 0.25) is 0 Å². The molecule has 2 N–H and O–H groups in total. The first-order valence-electron chi connectivity index (χ1n) is 7.19. The fraction of sp³-hybridized carbons (Fsp3) is 0.333. The minimum Gasteiger partial charge on any atom is -0.398 e. The van der Waals surface area contributed by atoms with Crippen molar-refractivity contribution in [2.75, 3.05) is 5.73 Å². The van der Waals surface area contributed by atoms with Crippen LogP contribution in [0.15, 0.2) is 36.4 Å². The summed E-state index contributed by atoms with van der Waals surface area (Å²) in [4.78, 5) is 0. The summed E-state index contributed by atoms with van der Waals surface area (Å²) < 4.78 is 0. The highest BCUT2D eigenvalue weighted by Gasteiger charge is 2.46. The summed E-state index contributed by atoms with van der Waals surface area (Å²) in [6, 6.07) is 13.2. The lowest BCUT2D eigenvalue weighted by Crippen LogP contribution is -2.23. The van der Waals surface area contributed by atoms with Crippen LogP contribution in [0.4, 0.5) is 5.69 Å². The van der Waals surface area contributed by atoms with Gasteiger partial charge in [-0.3, -0.25) is 0 Å². The zero-order chi connectivity index (χ0) is 13.0. The van der Waals surface area contributed by atoms with Gasteiger partial charge in [-0.1, -0.05) is 30.3 Å². The Morgan fingerprint density at radius 3 is 2.26 bits per heavy atom. The van der Waals surface area contributed by atoms with Gasteiger partial charge in [-0.05, 0) is 66.5 Å². The molecule has 2 aromatic rings. The van der Waals surface area contributed by atoms with Crippen molar-refractivity contribution in [1.29, 1.82) is 0 Å². The maximum Gasteiger partial charge on any atom is 0.0358 e. The lowest BCUT2D eigenvalue weighted by Gasteiger charge is -2.29. The summed E-state index contributed by atoms with van der Waals surface area (Å²) in [5.74, 6) is 0. The fourth-order valence-corrected chi connectivity index (χ4v) is 4.48. The number of fused-ring (bicyclic) bond motifs is 4. The number of benzene rings is 2. The van der Waals surface area contributed by atoms with Gasteiger partial charge in [-0.15, -0.1) is 0 Å². The van der Waals surface area contributed by atoms with Crippen LogP contribution >= 0.6 is 0 Å². The Morgan fingerprint density at radius 2 is 1.53 bits per heavy atom. The first-order chi connectivity index (χ1) is 9.22. The second-order valence-electron chi connectivity index (χ2n) is 6.07. The van der Waals surface area contributed by atoms with E-state index >= 15 is 0 Å². The van der Waals surface area contributed by atoms with Crippen LogP contribution in [0.1, 0.15) is 40.7 Å². The van der Waals surface area contributed by atoms with E-state index in [9.17, 15) is 0 Å². The highest BCUT2D eigenvalue weighted by molar-refractivity contribution is 5.65. The second-order valence-corrected chi connectivity index (χ2v) is 6.07. The van der Waals surface area contributed by atoms with E-state index in [1.54, 1.807) is 5.56 Å². The number of hydrogen-bond donors (Lipinski definition) is 1. The van der Waals surface area contributed by atoms with E-state index in [-0.39, 0.29) is 5.41 Å². The van der Waals surface area contributed by atoms with Gasteiger partial charge in [0.25, 0.3) is 0 Å². The van der Waals surface area contributed by atoms with E-state index < -0.39 is 0 Å². The van der Waals surface area contributed by atoms with Crippen LogP contribution < -0.4 is 5.73 Å². The van der Waals surface area contributed by atoms with Crippen molar-refractivity contribution in [2.24, 2.45) is 0 Å². The Kier molecular flexibility index (Phi) is 2.12. The molecule has 96 valence electrons. The molecule has 0 unspecified atom stereocenters. The quantitative estimate of drug-likeness (QED) is 0.707. The van der Waals surface area contributed by atoms with Crippen LogP contribution in [-0.2, 0) is 18.3 Å². The Balaban J connectivity index is 2.03. The van der Waals surface area contributed by atoms with Gasteiger partial charge in [-0.25, -0.2) is 0 Å². The number of aryl methyl sites for hydroxylation is 3. The third-order valence-corrected chi connectivity index (χ3v) is 5.14. The molecule has 0 bridgehead atoms. The van der Waals surface area contributed by atoms with Crippen molar-refractivity contribution in [3.05, 3.63) is 64.2 Å². The molecule has 1 spiro atoms. The van der Waals surface area contributed by atoms with Crippen LogP contribution in [-0.4, -0.2) is 0 Å². The Labute approximate surface area is 114 Å². The number of hydrogen-bond acceptors (Lipinski definition) is 1. The molecule has 1 nitrogen and oxygen atoms in total. The number of rotatable bonds is 0. The molecule has 2 aliphatic carbocycles. The molecule has 0 saturated heterocycles. The van der Waals surface area contributed by atoms with Gasteiger partial charge in [0.1, 0.15) is 0 Å². The molecule has 2 aliphatic rings. The van der Waals surface area contributed by atoms with Gasteiger partial charge in [0.2, 0.25) is 0 Å². The molecule has 0 saturated carbocycles. The molecule has 0 aliphatic heterocycles. The Hall–Kier alpha value is -1.76. The normalized spacial score (nSPS) is 23.6. The molecule has 0 aromatic heterocycles.